The molecule has 2 aromatic rings. The lowest BCUT2D eigenvalue weighted by Crippen LogP contribution is -1.94. The second kappa shape index (κ2) is 5.14. The molecule has 0 radical (unpaired) electrons. The number of nitrogens with zero attached hydrogens (tertiary/aromatic N) is 1. The summed E-state index contributed by atoms with van der Waals surface area (Å²) >= 11 is 0. The number of hydrogen-bond acceptors (Lipinski definition) is 4. The van der Waals surface area contributed by atoms with E-state index in [2.05, 4.69) is 4.98 Å². The number of aromatic nitrogens is 1. The molecule has 0 fully saturated rings. The molecule has 0 saturated heterocycles. The fraction of sp³-hybridized carbons (Fsp3) is 0. The van der Waals surface area contributed by atoms with Crippen LogP contribution in [0.25, 0.3) is 6.08 Å². The number of phenols is 2. The molecule has 0 aliphatic heterocycles. The van der Waals surface area contributed by atoms with Gasteiger partial charge in [-0.1, -0.05) is 6.08 Å². The van der Waals surface area contributed by atoms with Crippen molar-refractivity contribution in [3.8, 4) is 11.5 Å². The van der Waals surface area contributed by atoms with Crippen molar-refractivity contribution in [1.82, 2.24) is 4.98 Å². The van der Waals surface area contributed by atoms with Crippen LogP contribution in [0.15, 0.2) is 48.8 Å². The van der Waals surface area contributed by atoms with Crippen molar-refractivity contribution < 1.29 is 15.0 Å². The summed E-state index contributed by atoms with van der Waals surface area (Å²) < 4.78 is 0. The predicted octanol–water partition coefficient (Wildman–Crippen LogP) is 2.39. The van der Waals surface area contributed by atoms with Crippen molar-refractivity contribution in [2.24, 2.45) is 0 Å². The summed E-state index contributed by atoms with van der Waals surface area (Å²) in [6.07, 6.45) is 6.25. The third-order valence-corrected chi connectivity index (χ3v) is 2.38. The molecule has 1 aromatic heterocycles. The van der Waals surface area contributed by atoms with Crippen LogP contribution in [-0.4, -0.2) is 21.0 Å². The maximum Gasteiger partial charge on any atom is 0.189 e. The first-order chi connectivity index (χ1) is 8.66. The lowest BCUT2D eigenvalue weighted by Gasteiger charge is -2.00. The van der Waals surface area contributed by atoms with Gasteiger partial charge in [0.2, 0.25) is 0 Å². The first-order valence-corrected chi connectivity index (χ1v) is 5.31. The first-order valence-electron chi connectivity index (χ1n) is 5.31. The first kappa shape index (κ1) is 11.9. The number of hydrogen-bond donors (Lipinski definition) is 2. The summed E-state index contributed by atoms with van der Waals surface area (Å²) in [5.74, 6) is -0.647. The minimum Gasteiger partial charge on any atom is -0.508 e. The Morgan fingerprint density at radius 1 is 1.11 bits per heavy atom. The maximum atomic E-state index is 11.8. The average Bonchev–Trinajstić information content (AvgIpc) is 2.37. The van der Waals surface area contributed by atoms with E-state index in [1.54, 1.807) is 30.6 Å². The third-order valence-electron chi connectivity index (χ3n) is 2.38. The molecule has 0 unspecified atom stereocenters. The van der Waals surface area contributed by atoms with Crippen LogP contribution in [0.4, 0.5) is 0 Å². The molecule has 2 rings (SSSR count). The Morgan fingerprint density at radius 2 is 1.83 bits per heavy atom. The van der Waals surface area contributed by atoms with Gasteiger partial charge in [-0.3, -0.25) is 9.78 Å². The van der Waals surface area contributed by atoms with Gasteiger partial charge in [0.1, 0.15) is 11.5 Å². The number of allylic oxidation sites excluding steroid dienone is 1. The van der Waals surface area contributed by atoms with E-state index in [0.29, 0.717) is 0 Å². The van der Waals surface area contributed by atoms with E-state index in [4.69, 9.17) is 5.11 Å². The third kappa shape index (κ3) is 2.74. The second-order valence-corrected chi connectivity index (χ2v) is 3.68. The van der Waals surface area contributed by atoms with Gasteiger partial charge in [0.05, 0.1) is 5.56 Å². The largest absolute Gasteiger partial charge is 0.508 e. The van der Waals surface area contributed by atoms with Crippen LogP contribution >= 0.6 is 0 Å². The van der Waals surface area contributed by atoms with E-state index in [-0.39, 0.29) is 22.8 Å². The molecule has 0 aliphatic rings. The zero-order valence-corrected chi connectivity index (χ0v) is 9.45. The van der Waals surface area contributed by atoms with Crippen LogP contribution in [0.5, 0.6) is 11.5 Å². The van der Waals surface area contributed by atoms with Crippen LogP contribution in [0.2, 0.25) is 0 Å². The van der Waals surface area contributed by atoms with Gasteiger partial charge in [-0.2, -0.15) is 0 Å². The zero-order chi connectivity index (χ0) is 13.0. The van der Waals surface area contributed by atoms with Gasteiger partial charge in [-0.15, -0.1) is 0 Å². The zero-order valence-electron chi connectivity index (χ0n) is 9.45. The number of benzene rings is 1. The lowest BCUT2D eigenvalue weighted by atomic mass is 10.1. The molecule has 0 atom stereocenters. The molecule has 0 bridgehead atoms. The fourth-order valence-corrected chi connectivity index (χ4v) is 1.46. The van der Waals surface area contributed by atoms with Crippen LogP contribution in [0, 0.1) is 0 Å². The van der Waals surface area contributed by atoms with E-state index >= 15 is 0 Å². The average molecular weight is 241 g/mol. The van der Waals surface area contributed by atoms with Gasteiger partial charge in [0.15, 0.2) is 5.78 Å². The van der Waals surface area contributed by atoms with Crippen molar-refractivity contribution in [2.45, 2.75) is 0 Å². The Kier molecular flexibility index (Phi) is 3.38. The van der Waals surface area contributed by atoms with E-state index in [9.17, 15) is 9.90 Å². The van der Waals surface area contributed by atoms with Gasteiger partial charge in [-0.25, -0.2) is 0 Å². The highest BCUT2D eigenvalue weighted by molar-refractivity contribution is 6.08. The second-order valence-electron chi connectivity index (χ2n) is 3.68. The molecule has 0 spiro atoms. The van der Waals surface area contributed by atoms with Crippen molar-refractivity contribution in [3.63, 3.8) is 0 Å². The highest BCUT2D eigenvalue weighted by atomic mass is 16.3. The van der Waals surface area contributed by atoms with Gasteiger partial charge in [-0.05, 0) is 35.9 Å². The highest BCUT2D eigenvalue weighted by Crippen LogP contribution is 2.23. The molecule has 0 saturated carbocycles. The molecule has 18 heavy (non-hydrogen) atoms. The van der Waals surface area contributed by atoms with Gasteiger partial charge in [0, 0.05) is 18.5 Å². The summed E-state index contributed by atoms with van der Waals surface area (Å²) in [4.78, 5) is 15.7. The Labute approximate surface area is 104 Å². The summed E-state index contributed by atoms with van der Waals surface area (Å²) in [6, 6.07) is 7.39. The monoisotopic (exact) mass is 241 g/mol. The van der Waals surface area contributed by atoms with Crippen LogP contribution < -0.4 is 0 Å². The maximum absolute atomic E-state index is 11.8. The van der Waals surface area contributed by atoms with E-state index in [1.165, 1.54) is 18.2 Å². The minimum atomic E-state index is -0.329. The molecule has 0 aliphatic carbocycles. The highest BCUT2D eigenvalue weighted by Gasteiger charge is 2.08. The van der Waals surface area contributed by atoms with Crippen molar-refractivity contribution in [1.29, 1.82) is 0 Å². The van der Waals surface area contributed by atoms with Crippen LogP contribution in [0.1, 0.15) is 15.9 Å². The van der Waals surface area contributed by atoms with E-state index in [0.717, 1.165) is 11.6 Å². The van der Waals surface area contributed by atoms with E-state index < -0.39 is 0 Å². The van der Waals surface area contributed by atoms with Crippen molar-refractivity contribution >= 4 is 11.9 Å². The molecule has 4 heteroatoms. The quantitative estimate of drug-likeness (QED) is 0.639. The molecule has 1 aromatic carbocycles. The molecule has 4 nitrogen and oxygen atoms in total. The number of ketones is 1. The van der Waals surface area contributed by atoms with Crippen molar-refractivity contribution in [3.05, 3.63) is 59.9 Å². The van der Waals surface area contributed by atoms with Gasteiger partial charge < -0.3 is 10.2 Å². The van der Waals surface area contributed by atoms with Crippen LogP contribution in [-0.2, 0) is 0 Å². The predicted molar refractivity (Wildman–Crippen MR) is 67.4 cm³/mol. The molecular weight excluding hydrogens is 230 g/mol. The Morgan fingerprint density at radius 3 is 2.50 bits per heavy atom. The lowest BCUT2D eigenvalue weighted by molar-refractivity contribution is 0.104. The summed E-state index contributed by atoms with van der Waals surface area (Å²) in [5.41, 5.74) is 0.995. The Balaban J connectivity index is 2.20. The Hall–Kier alpha value is -2.62. The molecule has 2 N–H and O–H groups in total. The smallest absolute Gasteiger partial charge is 0.189 e. The Bertz CT molecular complexity index is 591. The fourth-order valence-electron chi connectivity index (χ4n) is 1.46. The van der Waals surface area contributed by atoms with Crippen LogP contribution in [0.3, 0.4) is 0 Å². The number of phenolic OH excluding ortho intramolecular Hbond substituents is 2. The molecule has 0 amide bonds. The molecule has 1 heterocycles. The topological polar surface area (TPSA) is 70.4 Å². The normalized spacial score (nSPS) is 10.7. The SMILES string of the molecule is O=C(/C=C/c1ccncc1)c1ccc(O)cc1O. The molecule has 90 valence electrons. The number of aromatic hydroxyl groups is 2. The summed E-state index contributed by atoms with van der Waals surface area (Å²) in [5, 5.41) is 18.7. The molecular formula is C14H11NO3. The standard InChI is InChI=1S/C14H11NO3/c16-11-2-3-12(14(18)9-11)13(17)4-1-10-5-7-15-8-6-10/h1-9,16,18H/b4-1+. The number of rotatable bonds is 3. The van der Waals surface area contributed by atoms with Crippen molar-refractivity contribution in [2.75, 3.05) is 0 Å². The minimum absolute atomic E-state index is 0.0813. The van der Waals surface area contributed by atoms with Gasteiger partial charge in [0.25, 0.3) is 0 Å². The van der Waals surface area contributed by atoms with Gasteiger partial charge >= 0.3 is 0 Å². The van der Waals surface area contributed by atoms with E-state index in [1.807, 2.05) is 0 Å². The number of carbonyl (C=O) groups is 1. The number of pyridine rings is 1. The number of carbonyl (C=O) groups excluding carboxylic acids is 1. The summed E-state index contributed by atoms with van der Waals surface area (Å²) in [7, 11) is 0. The summed E-state index contributed by atoms with van der Waals surface area (Å²) in [6.45, 7) is 0.